The van der Waals surface area contributed by atoms with Gasteiger partial charge < -0.3 is 19.1 Å². The summed E-state index contributed by atoms with van der Waals surface area (Å²) in [6, 6.07) is 9.34. The van der Waals surface area contributed by atoms with Gasteiger partial charge in [0.25, 0.3) is 0 Å². The van der Waals surface area contributed by atoms with Crippen molar-refractivity contribution in [3.8, 4) is 17.2 Å². The van der Waals surface area contributed by atoms with Crippen LogP contribution in [0.1, 0.15) is 24.4 Å². The van der Waals surface area contributed by atoms with Crippen molar-refractivity contribution >= 4 is 16.7 Å². The number of nitrogens with zero attached hydrogens (tertiary/aromatic N) is 3. The van der Waals surface area contributed by atoms with Gasteiger partial charge in [-0.15, -0.1) is 0 Å². The number of benzene rings is 2. The zero-order valence-corrected chi connectivity index (χ0v) is 15.5. The normalized spacial score (nSPS) is 18.5. The lowest BCUT2D eigenvalue weighted by molar-refractivity contribution is 0.171. The number of halogens is 1. The summed E-state index contributed by atoms with van der Waals surface area (Å²) in [7, 11) is 1.46. The summed E-state index contributed by atoms with van der Waals surface area (Å²) < 4.78 is 30.7. The molecular formula is C21H20FN3O3. The van der Waals surface area contributed by atoms with Crippen molar-refractivity contribution in [3.05, 3.63) is 48.0 Å². The Morgan fingerprint density at radius 3 is 2.82 bits per heavy atom. The molecule has 3 aromatic rings. The second-order valence-corrected chi connectivity index (χ2v) is 6.96. The molecule has 28 heavy (non-hydrogen) atoms. The molecule has 2 aromatic carbocycles. The van der Waals surface area contributed by atoms with Crippen molar-refractivity contribution in [3.63, 3.8) is 0 Å². The van der Waals surface area contributed by atoms with Gasteiger partial charge in [0.2, 0.25) is 0 Å². The zero-order chi connectivity index (χ0) is 19.1. The van der Waals surface area contributed by atoms with Crippen molar-refractivity contribution in [2.75, 3.05) is 31.8 Å². The van der Waals surface area contributed by atoms with Crippen LogP contribution in [0.2, 0.25) is 0 Å². The lowest BCUT2D eigenvalue weighted by atomic mass is 10.0. The number of anilines is 1. The monoisotopic (exact) mass is 381 g/mol. The molecule has 2 aliphatic rings. The molecule has 0 bridgehead atoms. The first-order valence-electron chi connectivity index (χ1n) is 9.39. The van der Waals surface area contributed by atoms with Gasteiger partial charge in [-0.25, -0.2) is 14.4 Å². The smallest absolute Gasteiger partial charge is 0.167 e. The van der Waals surface area contributed by atoms with Crippen molar-refractivity contribution in [1.82, 2.24) is 9.97 Å². The van der Waals surface area contributed by atoms with Crippen LogP contribution >= 0.6 is 0 Å². The SMILES string of the molecule is COc1cc2c(N3CCCC3c3ccc4c(c3)OCCO4)ncnc2cc1F. The number of methoxy groups -OCH3 is 1. The van der Waals surface area contributed by atoms with E-state index in [4.69, 9.17) is 14.2 Å². The van der Waals surface area contributed by atoms with Crippen LogP contribution in [0.4, 0.5) is 10.2 Å². The molecule has 0 radical (unpaired) electrons. The molecule has 0 saturated carbocycles. The number of ether oxygens (including phenoxy) is 3. The Balaban J connectivity index is 1.57. The van der Waals surface area contributed by atoms with Gasteiger partial charge in [-0.05, 0) is 36.6 Å². The van der Waals surface area contributed by atoms with Gasteiger partial charge in [-0.1, -0.05) is 6.07 Å². The van der Waals surface area contributed by atoms with Crippen LogP contribution in [0.3, 0.4) is 0 Å². The Morgan fingerprint density at radius 1 is 1.11 bits per heavy atom. The number of aromatic nitrogens is 2. The van der Waals surface area contributed by atoms with Gasteiger partial charge >= 0.3 is 0 Å². The van der Waals surface area contributed by atoms with E-state index in [0.717, 1.165) is 47.7 Å². The highest BCUT2D eigenvalue weighted by Crippen LogP contribution is 2.41. The van der Waals surface area contributed by atoms with Crippen molar-refractivity contribution in [2.45, 2.75) is 18.9 Å². The minimum atomic E-state index is -0.426. The van der Waals surface area contributed by atoms with Gasteiger partial charge in [0.15, 0.2) is 23.1 Å². The Hall–Kier alpha value is -3.09. The molecule has 1 unspecified atom stereocenters. The van der Waals surface area contributed by atoms with Crippen molar-refractivity contribution in [2.24, 2.45) is 0 Å². The molecule has 5 rings (SSSR count). The lowest BCUT2D eigenvalue weighted by Crippen LogP contribution is -2.24. The summed E-state index contributed by atoms with van der Waals surface area (Å²) in [4.78, 5) is 11.0. The third-order valence-corrected chi connectivity index (χ3v) is 5.36. The number of fused-ring (bicyclic) bond motifs is 2. The lowest BCUT2D eigenvalue weighted by Gasteiger charge is -2.28. The molecule has 0 spiro atoms. The highest BCUT2D eigenvalue weighted by atomic mass is 19.1. The van der Waals surface area contributed by atoms with E-state index in [1.165, 1.54) is 19.5 Å². The van der Waals surface area contributed by atoms with E-state index in [1.807, 2.05) is 6.07 Å². The van der Waals surface area contributed by atoms with Gasteiger partial charge in [0.05, 0.1) is 18.7 Å². The van der Waals surface area contributed by atoms with E-state index in [0.29, 0.717) is 18.7 Å². The largest absolute Gasteiger partial charge is 0.494 e. The van der Waals surface area contributed by atoms with Crippen LogP contribution in [0.25, 0.3) is 10.9 Å². The molecule has 2 aliphatic heterocycles. The minimum Gasteiger partial charge on any atom is -0.494 e. The summed E-state index contributed by atoms with van der Waals surface area (Å²) in [5.41, 5.74) is 1.72. The molecule has 0 N–H and O–H groups in total. The Bertz CT molecular complexity index is 1040. The summed E-state index contributed by atoms with van der Waals surface area (Å²) >= 11 is 0. The average molecular weight is 381 g/mol. The standard InChI is InChI=1S/C21H20FN3O3/c1-26-19-10-14-16(11-15(19)22)23-12-24-21(14)25-6-2-3-17(25)13-4-5-18-20(9-13)28-8-7-27-18/h4-5,9-12,17H,2-3,6-8H2,1H3. The number of hydrogen-bond acceptors (Lipinski definition) is 6. The van der Waals surface area contributed by atoms with Crippen LogP contribution in [-0.4, -0.2) is 36.8 Å². The maximum absolute atomic E-state index is 14.1. The first kappa shape index (κ1) is 17.0. The first-order valence-corrected chi connectivity index (χ1v) is 9.39. The van der Waals surface area contributed by atoms with Crippen molar-refractivity contribution < 1.29 is 18.6 Å². The molecule has 1 fully saturated rings. The predicted octanol–water partition coefficient (Wildman–Crippen LogP) is 3.89. The highest BCUT2D eigenvalue weighted by molar-refractivity contribution is 5.91. The highest BCUT2D eigenvalue weighted by Gasteiger charge is 2.30. The van der Waals surface area contributed by atoms with Crippen LogP contribution in [0.5, 0.6) is 17.2 Å². The van der Waals surface area contributed by atoms with Gasteiger partial charge in [-0.2, -0.15) is 0 Å². The fourth-order valence-electron chi connectivity index (χ4n) is 4.06. The Labute approximate surface area is 161 Å². The van der Waals surface area contributed by atoms with Gasteiger partial charge in [0, 0.05) is 18.0 Å². The maximum atomic E-state index is 14.1. The maximum Gasteiger partial charge on any atom is 0.167 e. The fraction of sp³-hybridized carbons (Fsp3) is 0.333. The summed E-state index contributed by atoms with van der Waals surface area (Å²) in [6.45, 7) is 2.00. The molecule has 144 valence electrons. The molecule has 0 amide bonds. The molecule has 1 saturated heterocycles. The summed E-state index contributed by atoms with van der Waals surface area (Å²) in [5.74, 6) is 2.13. The molecule has 6 nitrogen and oxygen atoms in total. The van der Waals surface area contributed by atoms with Gasteiger partial charge in [0.1, 0.15) is 25.4 Å². The van der Waals surface area contributed by atoms with Crippen LogP contribution in [0.15, 0.2) is 36.7 Å². The zero-order valence-electron chi connectivity index (χ0n) is 15.5. The summed E-state index contributed by atoms with van der Waals surface area (Å²) in [6.07, 6.45) is 3.54. The fourth-order valence-corrected chi connectivity index (χ4v) is 4.06. The van der Waals surface area contributed by atoms with E-state index in [1.54, 1.807) is 6.07 Å². The number of rotatable bonds is 3. The number of hydrogen-bond donors (Lipinski definition) is 0. The first-order chi connectivity index (χ1) is 13.7. The molecule has 1 aromatic heterocycles. The predicted molar refractivity (Wildman–Crippen MR) is 103 cm³/mol. The van der Waals surface area contributed by atoms with E-state index in [9.17, 15) is 4.39 Å². The Kier molecular flexibility index (Phi) is 4.15. The Morgan fingerprint density at radius 2 is 1.96 bits per heavy atom. The van der Waals surface area contributed by atoms with Crippen LogP contribution in [0, 0.1) is 5.82 Å². The van der Waals surface area contributed by atoms with Gasteiger partial charge in [-0.3, -0.25) is 0 Å². The third kappa shape index (κ3) is 2.78. The molecule has 7 heteroatoms. The molecule has 3 heterocycles. The summed E-state index contributed by atoms with van der Waals surface area (Å²) in [5, 5.41) is 0.783. The average Bonchev–Trinajstić information content (AvgIpc) is 3.22. The quantitative estimate of drug-likeness (QED) is 0.686. The minimum absolute atomic E-state index is 0.157. The molecule has 0 aliphatic carbocycles. The van der Waals surface area contributed by atoms with E-state index < -0.39 is 5.82 Å². The van der Waals surface area contributed by atoms with Crippen LogP contribution in [-0.2, 0) is 0 Å². The van der Waals surface area contributed by atoms with Crippen molar-refractivity contribution in [1.29, 1.82) is 0 Å². The van der Waals surface area contributed by atoms with E-state index in [-0.39, 0.29) is 11.8 Å². The van der Waals surface area contributed by atoms with E-state index in [2.05, 4.69) is 27.0 Å². The third-order valence-electron chi connectivity index (χ3n) is 5.36. The van der Waals surface area contributed by atoms with E-state index >= 15 is 0 Å². The van der Waals surface area contributed by atoms with Crippen LogP contribution < -0.4 is 19.1 Å². The molecule has 1 atom stereocenters. The molecular weight excluding hydrogens is 361 g/mol. The topological polar surface area (TPSA) is 56.7 Å². The second-order valence-electron chi connectivity index (χ2n) is 6.96. The second kappa shape index (κ2) is 6.82.